The lowest BCUT2D eigenvalue weighted by atomic mass is 10.2. The summed E-state index contributed by atoms with van der Waals surface area (Å²) in [5, 5.41) is 0. The van der Waals surface area contributed by atoms with Crippen LogP contribution >= 0.6 is 0 Å². The Balaban J connectivity index is 3.37. The van der Waals surface area contributed by atoms with Crippen LogP contribution in [0.25, 0.3) is 0 Å². The molecule has 3 nitrogen and oxygen atoms in total. The number of carbonyl (C=O) groups excluding carboxylic acids is 1. The molecule has 0 atom stereocenters. The monoisotopic (exact) mass is 174 g/mol. The molecule has 0 saturated heterocycles. The molecule has 12 heavy (non-hydrogen) atoms. The highest BCUT2D eigenvalue weighted by molar-refractivity contribution is 5.69. The van der Waals surface area contributed by atoms with Gasteiger partial charge in [-0.3, -0.25) is 4.79 Å². The smallest absolute Gasteiger partial charge is 0.307 e. The lowest BCUT2D eigenvalue weighted by molar-refractivity contribution is -0.167. The van der Waals surface area contributed by atoms with E-state index >= 15 is 0 Å². The normalized spacial score (nSPS) is 11.3. The molecular weight excluding hydrogens is 156 g/mol. The van der Waals surface area contributed by atoms with Crippen molar-refractivity contribution in [2.75, 3.05) is 6.79 Å². The molecule has 0 bridgehead atoms. The van der Waals surface area contributed by atoms with Crippen LogP contribution < -0.4 is 0 Å². The Kier molecular flexibility index (Phi) is 4.90. The molecule has 0 N–H and O–H groups in total. The number of carbonyl (C=O) groups is 1. The van der Waals surface area contributed by atoms with Gasteiger partial charge in [-0.2, -0.15) is 0 Å². The number of ether oxygens (including phenoxy) is 2. The van der Waals surface area contributed by atoms with Crippen molar-refractivity contribution in [3.8, 4) is 0 Å². The number of hydrogen-bond acceptors (Lipinski definition) is 3. The highest BCUT2D eigenvalue weighted by atomic mass is 16.7. The van der Waals surface area contributed by atoms with Gasteiger partial charge < -0.3 is 9.47 Å². The topological polar surface area (TPSA) is 35.5 Å². The summed E-state index contributed by atoms with van der Waals surface area (Å²) in [6.07, 6.45) is 1.28. The van der Waals surface area contributed by atoms with Crippen molar-refractivity contribution in [1.82, 2.24) is 0 Å². The van der Waals surface area contributed by atoms with Gasteiger partial charge in [0.25, 0.3) is 0 Å². The maximum Gasteiger partial charge on any atom is 0.307 e. The molecule has 72 valence electrons. The van der Waals surface area contributed by atoms with Gasteiger partial charge in [0.05, 0.1) is 5.60 Å². The predicted octanol–water partition coefficient (Wildman–Crippen LogP) is 2.10. The Morgan fingerprint density at radius 2 is 1.92 bits per heavy atom. The van der Waals surface area contributed by atoms with Crippen LogP contribution in [0.5, 0.6) is 0 Å². The van der Waals surface area contributed by atoms with Crippen LogP contribution in [0.2, 0.25) is 0 Å². The van der Waals surface area contributed by atoms with E-state index in [1.807, 2.05) is 27.7 Å². The van der Waals surface area contributed by atoms with E-state index in [2.05, 4.69) is 0 Å². The second kappa shape index (κ2) is 5.14. The molecule has 0 aliphatic heterocycles. The van der Waals surface area contributed by atoms with Crippen LogP contribution in [-0.2, 0) is 14.3 Å². The average Bonchev–Trinajstić information content (AvgIpc) is 1.84. The fourth-order valence-corrected chi connectivity index (χ4v) is 0.548. The van der Waals surface area contributed by atoms with Crippen LogP contribution in [0.4, 0.5) is 0 Å². The average molecular weight is 174 g/mol. The molecule has 0 radical (unpaired) electrons. The molecule has 0 heterocycles. The maximum absolute atomic E-state index is 10.8. The highest BCUT2D eigenvalue weighted by Gasteiger charge is 2.10. The molecular formula is C9H18O3. The summed E-state index contributed by atoms with van der Waals surface area (Å²) in [4.78, 5) is 10.8. The lowest BCUT2D eigenvalue weighted by Gasteiger charge is -2.18. The van der Waals surface area contributed by atoms with Crippen LogP contribution in [0.1, 0.15) is 40.5 Å². The third kappa shape index (κ3) is 7.54. The zero-order valence-corrected chi connectivity index (χ0v) is 8.35. The van der Waals surface area contributed by atoms with Gasteiger partial charge in [-0.1, -0.05) is 6.92 Å². The van der Waals surface area contributed by atoms with Gasteiger partial charge in [-0.25, -0.2) is 0 Å². The zero-order chi connectivity index (χ0) is 9.61. The zero-order valence-electron chi connectivity index (χ0n) is 8.35. The molecule has 0 amide bonds. The highest BCUT2D eigenvalue weighted by Crippen LogP contribution is 2.06. The molecule has 0 fully saturated rings. The van der Waals surface area contributed by atoms with Crippen molar-refractivity contribution >= 4 is 5.97 Å². The second-order valence-electron chi connectivity index (χ2n) is 3.64. The first kappa shape index (κ1) is 11.4. The van der Waals surface area contributed by atoms with Crippen molar-refractivity contribution in [2.24, 2.45) is 0 Å². The minimum atomic E-state index is -0.244. The van der Waals surface area contributed by atoms with Gasteiger partial charge in [0.15, 0.2) is 6.79 Å². The third-order valence-corrected chi connectivity index (χ3v) is 1.17. The summed E-state index contributed by atoms with van der Waals surface area (Å²) in [6, 6.07) is 0. The van der Waals surface area contributed by atoms with E-state index in [1.54, 1.807) is 0 Å². The molecule has 0 aliphatic rings. The molecule has 0 rings (SSSR count). The second-order valence-corrected chi connectivity index (χ2v) is 3.64. The fraction of sp³-hybridized carbons (Fsp3) is 0.889. The summed E-state index contributed by atoms with van der Waals surface area (Å²) in [7, 11) is 0. The molecule has 0 aromatic heterocycles. The third-order valence-electron chi connectivity index (χ3n) is 1.17. The summed E-state index contributed by atoms with van der Waals surface area (Å²) in [5.74, 6) is -0.193. The summed E-state index contributed by atoms with van der Waals surface area (Å²) in [6.45, 7) is 7.75. The van der Waals surface area contributed by atoms with E-state index in [0.29, 0.717) is 6.42 Å². The van der Waals surface area contributed by atoms with Crippen molar-refractivity contribution in [3.05, 3.63) is 0 Å². The Hall–Kier alpha value is -0.570. The van der Waals surface area contributed by atoms with E-state index in [9.17, 15) is 4.79 Å². The molecule has 0 aliphatic carbocycles. The fourth-order valence-electron chi connectivity index (χ4n) is 0.548. The first-order valence-corrected chi connectivity index (χ1v) is 4.25. The van der Waals surface area contributed by atoms with Gasteiger partial charge in [-0.05, 0) is 27.2 Å². The molecule has 0 spiro atoms. The Bertz CT molecular complexity index is 135. The van der Waals surface area contributed by atoms with Crippen LogP contribution in [-0.4, -0.2) is 18.4 Å². The Labute approximate surface area is 74.0 Å². The van der Waals surface area contributed by atoms with Gasteiger partial charge in [-0.15, -0.1) is 0 Å². The Morgan fingerprint density at radius 3 is 2.33 bits per heavy atom. The van der Waals surface area contributed by atoms with E-state index in [1.165, 1.54) is 0 Å². The maximum atomic E-state index is 10.8. The largest absolute Gasteiger partial charge is 0.438 e. The first-order chi connectivity index (χ1) is 5.45. The van der Waals surface area contributed by atoms with Crippen LogP contribution in [0.15, 0.2) is 0 Å². The number of hydrogen-bond donors (Lipinski definition) is 0. The Morgan fingerprint density at radius 1 is 1.33 bits per heavy atom. The quantitative estimate of drug-likeness (QED) is 0.483. The van der Waals surface area contributed by atoms with Crippen LogP contribution in [0, 0.1) is 0 Å². The van der Waals surface area contributed by atoms with Gasteiger partial charge >= 0.3 is 5.97 Å². The van der Waals surface area contributed by atoms with Crippen molar-refractivity contribution < 1.29 is 14.3 Å². The predicted molar refractivity (Wildman–Crippen MR) is 46.7 cm³/mol. The molecule has 0 saturated carbocycles. The van der Waals surface area contributed by atoms with Crippen LogP contribution in [0.3, 0.4) is 0 Å². The number of esters is 1. The lowest BCUT2D eigenvalue weighted by Crippen LogP contribution is -2.22. The van der Waals surface area contributed by atoms with E-state index in [0.717, 1.165) is 6.42 Å². The first-order valence-electron chi connectivity index (χ1n) is 4.25. The minimum absolute atomic E-state index is 0.0579. The van der Waals surface area contributed by atoms with Crippen molar-refractivity contribution in [1.29, 1.82) is 0 Å². The van der Waals surface area contributed by atoms with E-state index in [4.69, 9.17) is 9.47 Å². The summed E-state index contributed by atoms with van der Waals surface area (Å²) in [5.41, 5.74) is -0.244. The molecule has 3 heteroatoms. The molecule has 0 aromatic rings. The minimum Gasteiger partial charge on any atom is -0.438 e. The van der Waals surface area contributed by atoms with E-state index in [-0.39, 0.29) is 18.4 Å². The van der Waals surface area contributed by atoms with E-state index < -0.39 is 0 Å². The van der Waals surface area contributed by atoms with Gasteiger partial charge in [0, 0.05) is 6.42 Å². The van der Waals surface area contributed by atoms with Gasteiger partial charge in [0.1, 0.15) is 0 Å². The number of rotatable bonds is 4. The SMILES string of the molecule is CCCC(=O)OCOC(C)(C)C. The van der Waals surface area contributed by atoms with Gasteiger partial charge in [0.2, 0.25) is 0 Å². The molecule has 0 aromatic carbocycles. The molecule has 0 unspecified atom stereocenters. The summed E-state index contributed by atoms with van der Waals surface area (Å²) >= 11 is 0. The standard InChI is InChI=1S/C9H18O3/c1-5-6-8(10)11-7-12-9(2,3)4/h5-7H2,1-4H3. The van der Waals surface area contributed by atoms with Crippen molar-refractivity contribution in [3.63, 3.8) is 0 Å². The summed E-state index contributed by atoms with van der Waals surface area (Å²) < 4.78 is 10.0. The van der Waals surface area contributed by atoms with Crippen molar-refractivity contribution in [2.45, 2.75) is 46.1 Å².